The maximum absolute atomic E-state index is 4.93. The molecule has 4 rings (SSSR count). The Balaban J connectivity index is 1.71. The molecule has 5 nitrogen and oxygen atoms in total. The number of benzene rings is 1. The molecule has 0 aliphatic heterocycles. The van der Waals surface area contributed by atoms with E-state index in [0.29, 0.717) is 0 Å². The van der Waals surface area contributed by atoms with Gasteiger partial charge >= 0.3 is 0 Å². The summed E-state index contributed by atoms with van der Waals surface area (Å²) in [6, 6.07) is 12.4. The maximum atomic E-state index is 4.93. The van der Waals surface area contributed by atoms with Crippen molar-refractivity contribution in [3.05, 3.63) is 54.5 Å². The predicted octanol–water partition coefficient (Wildman–Crippen LogP) is 4.51. The Labute approximate surface area is 153 Å². The van der Waals surface area contributed by atoms with E-state index in [0.717, 1.165) is 34.1 Å². The van der Waals surface area contributed by atoms with Gasteiger partial charge in [0.1, 0.15) is 0 Å². The van der Waals surface area contributed by atoms with Gasteiger partial charge in [0.15, 0.2) is 5.65 Å². The van der Waals surface area contributed by atoms with Gasteiger partial charge in [-0.05, 0) is 52.8 Å². The molecule has 0 radical (unpaired) electrons. The molecular weight excluding hydrogens is 322 g/mol. The second kappa shape index (κ2) is 5.66. The average molecular weight is 347 g/mol. The number of rotatable bonds is 3. The molecule has 0 fully saturated rings. The summed E-state index contributed by atoms with van der Waals surface area (Å²) in [5, 5.41) is 11.5. The number of hydrogen-bond acceptors (Lipinski definition) is 3. The van der Waals surface area contributed by atoms with Crippen molar-refractivity contribution in [1.82, 2.24) is 24.5 Å². The highest BCUT2D eigenvalue weighted by Crippen LogP contribution is 2.25. The molecule has 5 heteroatoms. The smallest absolute Gasteiger partial charge is 0.158 e. The molecule has 1 aromatic carbocycles. The molecule has 0 spiro atoms. The summed E-state index contributed by atoms with van der Waals surface area (Å²) in [5.74, 6) is 0. The monoisotopic (exact) mass is 347 g/mol. The van der Waals surface area contributed by atoms with Gasteiger partial charge in [-0.25, -0.2) is 9.67 Å². The molecule has 0 amide bonds. The lowest BCUT2D eigenvalue weighted by Crippen LogP contribution is -2.30. The molecule has 3 heterocycles. The van der Waals surface area contributed by atoms with E-state index >= 15 is 0 Å². The van der Waals surface area contributed by atoms with Gasteiger partial charge in [-0.1, -0.05) is 18.2 Å². The molecule has 3 aromatic heterocycles. The number of nitrogens with zero attached hydrogens (tertiary/aromatic N) is 5. The van der Waals surface area contributed by atoms with Crippen LogP contribution in [0.15, 0.2) is 48.8 Å². The Kier molecular flexibility index (Phi) is 3.65. The van der Waals surface area contributed by atoms with Crippen LogP contribution in [0.5, 0.6) is 0 Å². The van der Waals surface area contributed by atoms with Crippen molar-refractivity contribution in [3.8, 4) is 0 Å². The van der Waals surface area contributed by atoms with E-state index in [1.165, 1.54) is 0 Å². The zero-order valence-corrected chi connectivity index (χ0v) is 16.1. The van der Waals surface area contributed by atoms with Crippen LogP contribution in [0, 0.1) is 0 Å². The topological polar surface area (TPSA) is 48.5 Å². The van der Waals surface area contributed by atoms with Crippen molar-refractivity contribution in [2.24, 2.45) is 0 Å². The van der Waals surface area contributed by atoms with Gasteiger partial charge in [-0.15, -0.1) is 0 Å². The summed E-state index contributed by atoms with van der Waals surface area (Å²) >= 11 is 0. The van der Waals surface area contributed by atoms with E-state index in [1.54, 1.807) is 0 Å². The third-order valence-electron chi connectivity index (χ3n) is 4.76. The summed E-state index contributed by atoms with van der Waals surface area (Å²) in [6.07, 6.45) is 4.81. The van der Waals surface area contributed by atoms with Crippen LogP contribution in [0.25, 0.3) is 21.9 Å². The Hall–Kier alpha value is -2.69. The Bertz CT molecular complexity index is 1050. The first-order valence-corrected chi connectivity index (χ1v) is 9.03. The minimum atomic E-state index is -0.174. The van der Waals surface area contributed by atoms with Gasteiger partial charge in [0, 0.05) is 29.1 Å². The van der Waals surface area contributed by atoms with Crippen LogP contribution in [0.1, 0.15) is 40.3 Å². The molecule has 4 aromatic rings. The van der Waals surface area contributed by atoms with E-state index in [-0.39, 0.29) is 11.1 Å². The van der Waals surface area contributed by atoms with Crippen LogP contribution in [0.3, 0.4) is 0 Å². The van der Waals surface area contributed by atoms with E-state index < -0.39 is 0 Å². The molecule has 0 aliphatic carbocycles. The Morgan fingerprint density at radius 3 is 2.42 bits per heavy atom. The first kappa shape index (κ1) is 16.8. The third kappa shape index (κ3) is 2.87. The highest BCUT2D eigenvalue weighted by molar-refractivity contribution is 5.77. The maximum Gasteiger partial charge on any atom is 0.158 e. The molecule has 0 saturated heterocycles. The lowest BCUT2D eigenvalue weighted by Gasteiger charge is -2.25. The second-order valence-corrected chi connectivity index (χ2v) is 8.56. The molecule has 0 saturated carbocycles. The summed E-state index contributed by atoms with van der Waals surface area (Å²) in [5.41, 5.74) is 2.74. The van der Waals surface area contributed by atoms with Crippen LogP contribution in [-0.4, -0.2) is 24.5 Å². The zero-order chi connectivity index (χ0) is 18.5. The SMILES string of the molecule is CC(C)(C)n1ncc2ccc(CC(C)(C)n3cc4ccccc4n3)nc21. The Morgan fingerprint density at radius 1 is 0.923 bits per heavy atom. The minimum Gasteiger partial charge on any atom is -0.266 e. The standard InChI is InChI=1S/C21H25N5/c1-20(2,3)26-19-15(13-22-26)10-11-17(23-19)12-21(4,5)25-14-16-8-6-7-9-18(16)24-25/h6-11,13-14H,12H2,1-5H3. The molecule has 0 atom stereocenters. The highest BCUT2D eigenvalue weighted by atomic mass is 15.3. The Morgan fingerprint density at radius 2 is 1.69 bits per heavy atom. The van der Waals surface area contributed by atoms with Crippen LogP contribution in [0.2, 0.25) is 0 Å². The van der Waals surface area contributed by atoms with Crippen LogP contribution >= 0.6 is 0 Å². The molecule has 26 heavy (non-hydrogen) atoms. The molecule has 0 bridgehead atoms. The van der Waals surface area contributed by atoms with Crippen LogP contribution in [-0.2, 0) is 17.5 Å². The lowest BCUT2D eigenvalue weighted by atomic mass is 9.98. The van der Waals surface area contributed by atoms with Gasteiger partial charge < -0.3 is 0 Å². The van der Waals surface area contributed by atoms with Crippen LogP contribution < -0.4 is 0 Å². The van der Waals surface area contributed by atoms with Gasteiger partial charge in [-0.3, -0.25) is 4.68 Å². The molecule has 134 valence electrons. The third-order valence-corrected chi connectivity index (χ3v) is 4.76. The fourth-order valence-corrected chi connectivity index (χ4v) is 3.33. The molecule has 0 N–H and O–H groups in total. The second-order valence-electron chi connectivity index (χ2n) is 8.56. The molecular formula is C21H25N5. The van der Waals surface area contributed by atoms with Gasteiger partial charge in [0.25, 0.3) is 0 Å². The number of fused-ring (bicyclic) bond motifs is 2. The number of pyridine rings is 1. The summed E-state index contributed by atoms with van der Waals surface area (Å²) in [4.78, 5) is 4.93. The summed E-state index contributed by atoms with van der Waals surface area (Å²) in [6.45, 7) is 10.8. The fraction of sp³-hybridized carbons (Fsp3) is 0.381. The summed E-state index contributed by atoms with van der Waals surface area (Å²) < 4.78 is 4.06. The largest absolute Gasteiger partial charge is 0.266 e. The fourth-order valence-electron chi connectivity index (χ4n) is 3.33. The van der Waals surface area contributed by atoms with Crippen molar-refractivity contribution in [2.75, 3.05) is 0 Å². The predicted molar refractivity (Wildman–Crippen MR) is 105 cm³/mol. The molecule has 0 aliphatic rings. The van der Waals surface area contributed by atoms with Gasteiger partial charge in [0.2, 0.25) is 0 Å². The lowest BCUT2D eigenvalue weighted by molar-refractivity contribution is 0.316. The highest BCUT2D eigenvalue weighted by Gasteiger charge is 2.24. The first-order chi connectivity index (χ1) is 12.2. The quantitative estimate of drug-likeness (QED) is 0.548. The minimum absolute atomic E-state index is 0.0946. The number of aromatic nitrogens is 5. The summed E-state index contributed by atoms with van der Waals surface area (Å²) in [7, 11) is 0. The van der Waals surface area contributed by atoms with Crippen molar-refractivity contribution < 1.29 is 0 Å². The van der Waals surface area contributed by atoms with Crippen molar-refractivity contribution in [2.45, 2.75) is 52.1 Å². The number of hydrogen-bond donors (Lipinski definition) is 0. The zero-order valence-electron chi connectivity index (χ0n) is 16.1. The van der Waals surface area contributed by atoms with E-state index in [9.17, 15) is 0 Å². The van der Waals surface area contributed by atoms with Gasteiger partial charge in [0.05, 0.1) is 22.8 Å². The van der Waals surface area contributed by atoms with Crippen molar-refractivity contribution >= 4 is 21.9 Å². The van der Waals surface area contributed by atoms with E-state index in [1.807, 2.05) is 29.1 Å². The van der Waals surface area contributed by atoms with E-state index in [4.69, 9.17) is 10.1 Å². The molecule has 0 unspecified atom stereocenters. The van der Waals surface area contributed by atoms with E-state index in [2.05, 4.69) is 68.8 Å². The van der Waals surface area contributed by atoms with Crippen molar-refractivity contribution in [3.63, 3.8) is 0 Å². The van der Waals surface area contributed by atoms with Crippen LogP contribution in [0.4, 0.5) is 0 Å². The normalized spacial score (nSPS) is 13.0. The first-order valence-electron chi connectivity index (χ1n) is 9.03. The van der Waals surface area contributed by atoms with Gasteiger partial charge in [-0.2, -0.15) is 10.2 Å². The van der Waals surface area contributed by atoms with Crippen molar-refractivity contribution in [1.29, 1.82) is 0 Å². The average Bonchev–Trinajstić information content (AvgIpc) is 3.18.